The van der Waals surface area contributed by atoms with Crippen LogP contribution in [0.5, 0.6) is 0 Å². The van der Waals surface area contributed by atoms with Gasteiger partial charge in [-0.3, -0.25) is 9.67 Å². The molecule has 1 saturated heterocycles. The van der Waals surface area contributed by atoms with E-state index in [1.54, 1.807) is 28.2 Å². The van der Waals surface area contributed by atoms with E-state index in [0.29, 0.717) is 32.8 Å². The highest BCUT2D eigenvalue weighted by Gasteiger charge is 2.16. The third-order valence-corrected chi connectivity index (χ3v) is 3.58. The van der Waals surface area contributed by atoms with Gasteiger partial charge in [0.15, 0.2) is 0 Å². The van der Waals surface area contributed by atoms with E-state index >= 15 is 0 Å². The molecule has 1 fully saturated rings. The van der Waals surface area contributed by atoms with Crippen molar-refractivity contribution in [1.82, 2.24) is 25.0 Å². The van der Waals surface area contributed by atoms with Crippen LogP contribution in [0.4, 0.5) is 4.79 Å². The molecule has 1 aliphatic heterocycles. The van der Waals surface area contributed by atoms with Gasteiger partial charge in [0.25, 0.3) is 0 Å². The Bertz CT molecular complexity index is 649. The number of nitrogens with zero attached hydrogens (tertiary/aromatic N) is 4. The van der Waals surface area contributed by atoms with Crippen LogP contribution >= 0.6 is 0 Å². The SMILES string of the molecule is Cn1cc(-c2cncc(CNC(=O)N3CCOCC3)c2)cn1. The minimum Gasteiger partial charge on any atom is -0.378 e. The second kappa shape index (κ2) is 6.57. The number of carbonyl (C=O) groups excluding carboxylic acids is 1. The Labute approximate surface area is 128 Å². The molecule has 2 aromatic heterocycles. The molecule has 116 valence electrons. The van der Waals surface area contributed by atoms with Gasteiger partial charge in [-0.15, -0.1) is 0 Å². The van der Waals surface area contributed by atoms with Crippen molar-refractivity contribution in [2.75, 3.05) is 26.3 Å². The number of morpholine rings is 1. The Balaban J connectivity index is 1.62. The lowest BCUT2D eigenvalue weighted by Gasteiger charge is -2.26. The Hall–Kier alpha value is -2.41. The Kier molecular flexibility index (Phi) is 4.34. The van der Waals surface area contributed by atoms with Crippen LogP contribution in [0.15, 0.2) is 30.9 Å². The van der Waals surface area contributed by atoms with Gasteiger partial charge in [-0.2, -0.15) is 5.10 Å². The summed E-state index contributed by atoms with van der Waals surface area (Å²) in [6.07, 6.45) is 7.30. The summed E-state index contributed by atoms with van der Waals surface area (Å²) in [5.74, 6) is 0. The zero-order valence-corrected chi connectivity index (χ0v) is 12.5. The quantitative estimate of drug-likeness (QED) is 0.919. The van der Waals surface area contributed by atoms with E-state index < -0.39 is 0 Å². The summed E-state index contributed by atoms with van der Waals surface area (Å²) in [5.41, 5.74) is 2.96. The fourth-order valence-electron chi connectivity index (χ4n) is 2.37. The van der Waals surface area contributed by atoms with Crippen LogP contribution in [0.25, 0.3) is 11.1 Å². The highest BCUT2D eigenvalue weighted by Crippen LogP contribution is 2.18. The maximum absolute atomic E-state index is 12.1. The number of aryl methyl sites for hydroxylation is 1. The second-order valence-electron chi connectivity index (χ2n) is 5.24. The summed E-state index contributed by atoms with van der Waals surface area (Å²) in [4.78, 5) is 18.1. The fraction of sp³-hybridized carbons (Fsp3) is 0.400. The lowest BCUT2D eigenvalue weighted by molar-refractivity contribution is 0.0531. The second-order valence-corrected chi connectivity index (χ2v) is 5.24. The Morgan fingerprint density at radius 3 is 2.82 bits per heavy atom. The van der Waals surface area contributed by atoms with Crippen LogP contribution < -0.4 is 5.32 Å². The van der Waals surface area contributed by atoms with Gasteiger partial charge in [0.05, 0.1) is 19.4 Å². The molecule has 3 rings (SSSR count). The number of urea groups is 1. The molecule has 7 nitrogen and oxygen atoms in total. The van der Waals surface area contributed by atoms with E-state index in [2.05, 4.69) is 15.4 Å². The van der Waals surface area contributed by atoms with E-state index in [0.717, 1.165) is 16.7 Å². The largest absolute Gasteiger partial charge is 0.378 e. The summed E-state index contributed by atoms with van der Waals surface area (Å²) in [6.45, 7) is 2.94. The van der Waals surface area contributed by atoms with Gasteiger partial charge in [-0.1, -0.05) is 0 Å². The van der Waals surface area contributed by atoms with Crippen LogP contribution in [0.3, 0.4) is 0 Å². The molecule has 0 spiro atoms. The minimum absolute atomic E-state index is 0.0601. The van der Waals surface area contributed by atoms with E-state index in [1.807, 2.05) is 19.3 Å². The summed E-state index contributed by atoms with van der Waals surface area (Å²) >= 11 is 0. The minimum atomic E-state index is -0.0601. The van der Waals surface area contributed by atoms with Gasteiger partial charge in [0.1, 0.15) is 0 Å². The molecule has 0 radical (unpaired) electrons. The first kappa shape index (κ1) is 14.5. The highest BCUT2D eigenvalue weighted by atomic mass is 16.5. The van der Waals surface area contributed by atoms with E-state index in [-0.39, 0.29) is 6.03 Å². The van der Waals surface area contributed by atoms with Crippen molar-refractivity contribution < 1.29 is 9.53 Å². The number of carbonyl (C=O) groups is 1. The van der Waals surface area contributed by atoms with Gasteiger partial charge >= 0.3 is 6.03 Å². The van der Waals surface area contributed by atoms with Crippen LogP contribution in [0.2, 0.25) is 0 Å². The number of hydrogen-bond acceptors (Lipinski definition) is 4. The molecule has 0 unspecified atom stereocenters. The summed E-state index contributed by atoms with van der Waals surface area (Å²) < 4.78 is 6.99. The van der Waals surface area contributed by atoms with Crippen molar-refractivity contribution in [3.63, 3.8) is 0 Å². The first-order valence-electron chi connectivity index (χ1n) is 7.26. The average Bonchev–Trinajstić information content (AvgIpc) is 3.00. The van der Waals surface area contributed by atoms with Gasteiger partial charge in [0.2, 0.25) is 0 Å². The number of rotatable bonds is 3. The van der Waals surface area contributed by atoms with E-state index in [4.69, 9.17) is 4.74 Å². The maximum atomic E-state index is 12.1. The zero-order valence-electron chi connectivity index (χ0n) is 12.5. The number of pyridine rings is 1. The van der Waals surface area contributed by atoms with Gasteiger partial charge in [-0.05, 0) is 11.6 Å². The fourth-order valence-corrected chi connectivity index (χ4v) is 2.37. The summed E-state index contributed by atoms with van der Waals surface area (Å²) in [6, 6.07) is 1.96. The molecule has 3 heterocycles. The number of ether oxygens (including phenoxy) is 1. The van der Waals surface area contributed by atoms with Crippen LogP contribution in [0.1, 0.15) is 5.56 Å². The first-order chi connectivity index (χ1) is 10.7. The summed E-state index contributed by atoms with van der Waals surface area (Å²) in [7, 11) is 1.88. The topological polar surface area (TPSA) is 72.3 Å². The molecule has 0 saturated carbocycles. The van der Waals surface area contributed by atoms with Crippen molar-refractivity contribution in [3.05, 3.63) is 36.4 Å². The predicted octanol–water partition coefficient (Wildman–Crippen LogP) is 1.02. The standard InChI is InChI=1S/C15H19N5O2/c1-19-11-14(10-18-19)13-6-12(7-16-9-13)8-17-15(21)20-2-4-22-5-3-20/h6-7,9-11H,2-5,8H2,1H3,(H,17,21). The normalized spacial score (nSPS) is 14.9. The molecule has 0 bridgehead atoms. The van der Waals surface area contributed by atoms with Crippen molar-refractivity contribution in [2.45, 2.75) is 6.54 Å². The van der Waals surface area contributed by atoms with Crippen LogP contribution in [-0.2, 0) is 18.3 Å². The summed E-state index contributed by atoms with van der Waals surface area (Å²) in [5, 5.41) is 7.08. The van der Waals surface area contributed by atoms with Gasteiger partial charge < -0.3 is 15.0 Å². The Morgan fingerprint density at radius 1 is 1.27 bits per heavy atom. The van der Waals surface area contributed by atoms with Crippen LogP contribution in [-0.4, -0.2) is 52.0 Å². The predicted molar refractivity (Wildman–Crippen MR) is 81.1 cm³/mol. The third kappa shape index (κ3) is 3.43. The molecule has 7 heteroatoms. The number of aromatic nitrogens is 3. The molecule has 22 heavy (non-hydrogen) atoms. The zero-order chi connectivity index (χ0) is 15.4. The van der Waals surface area contributed by atoms with Gasteiger partial charge in [-0.25, -0.2) is 4.79 Å². The van der Waals surface area contributed by atoms with Gasteiger partial charge in [0, 0.05) is 56.4 Å². The molecule has 0 atom stereocenters. The molecule has 0 aromatic carbocycles. The van der Waals surface area contributed by atoms with Crippen molar-refractivity contribution in [2.24, 2.45) is 7.05 Å². The molecule has 0 aliphatic carbocycles. The number of hydrogen-bond donors (Lipinski definition) is 1. The molecule has 1 aliphatic rings. The van der Waals surface area contributed by atoms with Crippen LogP contribution in [0, 0.1) is 0 Å². The average molecular weight is 301 g/mol. The number of nitrogens with one attached hydrogen (secondary N) is 1. The smallest absolute Gasteiger partial charge is 0.317 e. The molecule has 2 amide bonds. The monoisotopic (exact) mass is 301 g/mol. The lowest BCUT2D eigenvalue weighted by atomic mass is 10.1. The van der Waals surface area contributed by atoms with Crippen molar-refractivity contribution >= 4 is 6.03 Å². The lowest BCUT2D eigenvalue weighted by Crippen LogP contribution is -2.45. The number of amides is 2. The third-order valence-electron chi connectivity index (χ3n) is 3.58. The first-order valence-corrected chi connectivity index (χ1v) is 7.26. The Morgan fingerprint density at radius 2 is 2.09 bits per heavy atom. The molecule has 1 N–H and O–H groups in total. The van der Waals surface area contributed by atoms with E-state index in [1.165, 1.54) is 0 Å². The highest BCUT2D eigenvalue weighted by molar-refractivity contribution is 5.74. The molecular weight excluding hydrogens is 282 g/mol. The maximum Gasteiger partial charge on any atom is 0.317 e. The molecular formula is C15H19N5O2. The van der Waals surface area contributed by atoms with Crippen molar-refractivity contribution in [3.8, 4) is 11.1 Å². The van der Waals surface area contributed by atoms with Crippen molar-refractivity contribution in [1.29, 1.82) is 0 Å². The molecule has 2 aromatic rings. The van der Waals surface area contributed by atoms with E-state index in [9.17, 15) is 4.79 Å².